The number of likely N-dealkylation sites (tertiary alicyclic amines) is 1. The third-order valence-electron chi connectivity index (χ3n) is 4.37. The lowest BCUT2D eigenvalue weighted by Crippen LogP contribution is -2.49. The van der Waals surface area contributed by atoms with Crippen molar-refractivity contribution in [1.82, 2.24) is 15.1 Å². The monoisotopic (exact) mass is 299 g/mol. The van der Waals surface area contributed by atoms with Gasteiger partial charge in [-0.1, -0.05) is 0 Å². The Morgan fingerprint density at radius 1 is 1.05 bits per heavy atom. The summed E-state index contributed by atoms with van der Waals surface area (Å²) in [6, 6.07) is 2.70. The molecule has 0 amide bonds. The Bertz CT molecular complexity index is 480. The second-order valence-corrected chi connectivity index (χ2v) is 5.84. The highest BCUT2D eigenvalue weighted by atomic mass is 19.2. The molecule has 0 spiro atoms. The Morgan fingerprint density at radius 3 is 2.38 bits per heavy atom. The lowest BCUT2D eigenvalue weighted by Gasteiger charge is -2.32. The summed E-state index contributed by atoms with van der Waals surface area (Å²) in [4.78, 5) is 4.65. The summed E-state index contributed by atoms with van der Waals surface area (Å²) in [5.74, 6) is -3.61. The van der Waals surface area contributed by atoms with Crippen molar-refractivity contribution in [3.05, 3.63) is 35.1 Å². The van der Waals surface area contributed by atoms with Gasteiger partial charge in [-0.3, -0.25) is 9.80 Å². The third kappa shape index (κ3) is 3.39. The van der Waals surface area contributed by atoms with Crippen LogP contribution < -0.4 is 5.32 Å². The van der Waals surface area contributed by atoms with E-state index in [1.807, 2.05) is 0 Å². The Hall–Kier alpha value is -1.11. The maximum atomic E-state index is 13.2. The maximum Gasteiger partial charge on any atom is 0.194 e. The molecule has 6 heteroatoms. The lowest BCUT2D eigenvalue weighted by molar-refractivity contribution is 0.170. The van der Waals surface area contributed by atoms with Gasteiger partial charge in [0.25, 0.3) is 0 Å². The van der Waals surface area contributed by atoms with Crippen molar-refractivity contribution in [2.24, 2.45) is 0 Å². The smallest absolute Gasteiger partial charge is 0.194 e. The van der Waals surface area contributed by atoms with E-state index in [-0.39, 0.29) is 0 Å². The van der Waals surface area contributed by atoms with E-state index >= 15 is 0 Å². The third-order valence-corrected chi connectivity index (χ3v) is 4.37. The molecule has 2 saturated heterocycles. The molecule has 116 valence electrons. The Balaban J connectivity index is 1.59. The molecule has 0 radical (unpaired) electrons. The van der Waals surface area contributed by atoms with E-state index in [0.29, 0.717) is 18.2 Å². The number of nitrogens with one attached hydrogen (secondary N) is 1. The standard InChI is InChI=1S/C15H20F3N3/c16-13-7-11(8-14(17)15(13)18)9-20-4-1-12(10-20)21-5-2-19-3-6-21/h7-8,12,19H,1-6,9-10H2. The van der Waals surface area contributed by atoms with E-state index in [2.05, 4.69) is 15.1 Å². The number of halogens is 3. The quantitative estimate of drug-likeness (QED) is 0.855. The fourth-order valence-corrected chi connectivity index (χ4v) is 3.26. The molecule has 3 rings (SSSR count). The molecule has 1 aromatic rings. The molecule has 3 nitrogen and oxygen atoms in total. The molecule has 0 saturated carbocycles. The Kier molecular flexibility index (Phi) is 4.47. The Labute approximate surface area is 122 Å². The normalized spacial score (nSPS) is 24.6. The number of hydrogen-bond acceptors (Lipinski definition) is 3. The minimum absolute atomic E-state index is 0.469. The molecule has 0 bridgehead atoms. The second kappa shape index (κ2) is 6.34. The predicted octanol–water partition coefficient (Wildman–Crippen LogP) is 1.58. The van der Waals surface area contributed by atoms with Gasteiger partial charge in [0.05, 0.1) is 0 Å². The van der Waals surface area contributed by atoms with E-state index in [1.165, 1.54) is 0 Å². The van der Waals surface area contributed by atoms with E-state index in [0.717, 1.165) is 57.8 Å². The van der Waals surface area contributed by atoms with Gasteiger partial charge in [0.15, 0.2) is 17.5 Å². The zero-order valence-corrected chi connectivity index (χ0v) is 11.9. The zero-order valence-electron chi connectivity index (χ0n) is 11.9. The summed E-state index contributed by atoms with van der Waals surface area (Å²) in [5.41, 5.74) is 0.493. The maximum absolute atomic E-state index is 13.2. The van der Waals surface area contributed by atoms with Crippen LogP contribution in [-0.4, -0.2) is 55.1 Å². The minimum Gasteiger partial charge on any atom is -0.314 e. The molecular weight excluding hydrogens is 279 g/mol. The van der Waals surface area contributed by atoms with Crippen LogP contribution in [0.15, 0.2) is 12.1 Å². The zero-order chi connectivity index (χ0) is 14.8. The van der Waals surface area contributed by atoms with Crippen LogP contribution in [-0.2, 0) is 6.54 Å². The summed E-state index contributed by atoms with van der Waals surface area (Å²) in [6.45, 7) is 6.43. The summed E-state index contributed by atoms with van der Waals surface area (Å²) < 4.78 is 39.4. The van der Waals surface area contributed by atoms with Crippen molar-refractivity contribution in [1.29, 1.82) is 0 Å². The van der Waals surface area contributed by atoms with Gasteiger partial charge in [-0.05, 0) is 24.1 Å². The first-order valence-electron chi connectivity index (χ1n) is 7.44. The van der Waals surface area contributed by atoms with Crippen LogP contribution in [0, 0.1) is 17.5 Å². The van der Waals surface area contributed by atoms with Gasteiger partial charge < -0.3 is 5.32 Å². The molecule has 1 atom stereocenters. The van der Waals surface area contributed by atoms with Gasteiger partial charge in [-0.15, -0.1) is 0 Å². The first-order chi connectivity index (χ1) is 10.1. The van der Waals surface area contributed by atoms with E-state index in [1.54, 1.807) is 0 Å². The average molecular weight is 299 g/mol. The van der Waals surface area contributed by atoms with Crippen LogP contribution in [0.1, 0.15) is 12.0 Å². The molecule has 2 aliphatic rings. The molecule has 1 unspecified atom stereocenters. The molecule has 21 heavy (non-hydrogen) atoms. The average Bonchev–Trinajstić information content (AvgIpc) is 2.94. The van der Waals surface area contributed by atoms with Crippen LogP contribution >= 0.6 is 0 Å². The summed E-state index contributed by atoms with van der Waals surface area (Å²) in [5, 5.41) is 3.33. The Morgan fingerprint density at radius 2 is 1.71 bits per heavy atom. The lowest BCUT2D eigenvalue weighted by atomic mass is 10.2. The van der Waals surface area contributed by atoms with Crippen molar-refractivity contribution in [2.45, 2.75) is 19.0 Å². The van der Waals surface area contributed by atoms with Crippen molar-refractivity contribution < 1.29 is 13.2 Å². The highest BCUT2D eigenvalue weighted by molar-refractivity contribution is 5.19. The molecule has 1 N–H and O–H groups in total. The van der Waals surface area contributed by atoms with Crippen molar-refractivity contribution in [2.75, 3.05) is 39.3 Å². The fraction of sp³-hybridized carbons (Fsp3) is 0.600. The van der Waals surface area contributed by atoms with Crippen LogP contribution in [0.4, 0.5) is 13.2 Å². The minimum atomic E-state index is -1.39. The summed E-state index contributed by atoms with van der Waals surface area (Å²) in [6.07, 6.45) is 1.08. The van der Waals surface area contributed by atoms with E-state index < -0.39 is 17.5 Å². The van der Waals surface area contributed by atoms with Gasteiger partial charge in [0.2, 0.25) is 0 Å². The molecule has 0 aromatic heterocycles. The molecule has 2 fully saturated rings. The summed E-state index contributed by atoms with van der Waals surface area (Å²) >= 11 is 0. The topological polar surface area (TPSA) is 18.5 Å². The van der Waals surface area contributed by atoms with Crippen LogP contribution in [0.25, 0.3) is 0 Å². The van der Waals surface area contributed by atoms with Crippen molar-refractivity contribution >= 4 is 0 Å². The molecule has 2 aliphatic heterocycles. The van der Waals surface area contributed by atoms with Gasteiger partial charge in [0, 0.05) is 51.9 Å². The van der Waals surface area contributed by atoms with Crippen molar-refractivity contribution in [3.8, 4) is 0 Å². The summed E-state index contributed by atoms with van der Waals surface area (Å²) in [7, 11) is 0. The molecule has 1 aromatic carbocycles. The highest BCUT2D eigenvalue weighted by Gasteiger charge is 2.28. The van der Waals surface area contributed by atoms with E-state index in [9.17, 15) is 13.2 Å². The number of rotatable bonds is 3. The predicted molar refractivity (Wildman–Crippen MR) is 74.4 cm³/mol. The molecular formula is C15H20F3N3. The van der Waals surface area contributed by atoms with Crippen LogP contribution in [0.3, 0.4) is 0 Å². The van der Waals surface area contributed by atoms with Gasteiger partial charge in [-0.2, -0.15) is 0 Å². The van der Waals surface area contributed by atoms with Gasteiger partial charge in [-0.25, -0.2) is 13.2 Å². The highest BCUT2D eigenvalue weighted by Crippen LogP contribution is 2.20. The SMILES string of the molecule is Fc1cc(CN2CCC(N3CCNCC3)C2)cc(F)c1F. The number of hydrogen-bond donors (Lipinski definition) is 1. The van der Waals surface area contributed by atoms with E-state index in [4.69, 9.17) is 0 Å². The van der Waals surface area contributed by atoms with Gasteiger partial charge in [0.1, 0.15) is 0 Å². The first kappa shape index (κ1) is 14.8. The fourth-order valence-electron chi connectivity index (χ4n) is 3.26. The van der Waals surface area contributed by atoms with Gasteiger partial charge >= 0.3 is 0 Å². The molecule has 0 aliphatic carbocycles. The number of benzene rings is 1. The van der Waals surface area contributed by atoms with Crippen LogP contribution in [0.5, 0.6) is 0 Å². The first-order valence-corrected chi connectivity index (χ1v) is 7.44. The van der Waals surface area contributed by atoms with Crippen LogP contribution in [0.2, 0.25) is 0 Å². The second-order valence-electron chi connectivity index (χ2n) is 5.84. The number of nitrogens with zero attached hydrogens (tertiary/aromatic N) is 2. The molecule has 2 heterocycles. The largest absolute Gasteiger partial charge is 0.314 e. The van der Waals surface area contributed by atoms with Crippen molar-refractivity contribution in [3.63, 3.8) is 0 Å². The number of piperazine rings is 1.